The summed E-state index contributed by atoms with van der Waals surface area (Å²) in [5.74, 6) is 0. The number of nitrogens with zero attached hydrogens (tertiary/aromatic N) is 2. The summed E-state index contributed by atoms with van der Waals surface area (Å²) in [5.41, 5.74) is 2.84. The van der Waals surface area contributed by atoms with Gasteiger partial charge in [0.1, 0.15) is 0 Å². The van der Waals surface area contributed by atoms with E-state index < -0.39 is 6.10 Å². The molecule has 2 rings (SSSR count). The van der Waals surface area contributed by atoms with Gasteiger partial charge < -0.3 is 9.52 Å². The molecule has 2 aromatic heterocycles. The standard InChI is InChI=1S/C12H16N2O2/c1-3-14-11(6-9(2)13-14)7-12(15)10-4-5-16-8-10/h4-6,8,12,15H,3,7H2,1-2H3. The van der Waals surface area contributed by atoms with E-state index in [-0.39, 0.29) is 0 Å². The normalized spacial score (nSPS) is 12.9. The Kier molecular flexibility index (Phi) is 3.10. The van der Waals surface area contributed by atoms with Crippen LogP contribution in [0.15, 0.2) is 29.1 Å². The summed E-state index contributed by atoms with van der Waals surface area (Å²) in [5, 5.41) is 14.3. The molecule has 16 heavy (non-hydrogen) atoms. The average Bonchev–Trinajstić information content (AvgIpc) is 2.87. The fourth-order valence-electron chi connectivity index (χ4n) is 1.82. The largest absolute Gasteiger partial charge is 0.472 e. The lowest BCUT2D eigenvalue weighted by atomic mass is 10.1. The van der Waals surface area contributed by atoms with Gasteiger partial charge >= 0.3 is 0 Å². The first-order chi connectivity index (χ1) is 7.70. The molecule has 0 radical (unpaired) electrons. The molecule has 4 nitrogen and oxygen atoms in total. The lowest BCUT2D eigenvalue weighted by Crippen LogP contribution is -2.07. The van der Waals surface area contributed by atoms with Crippen LogP contribution in [0, 0.1) is 6.92 Å². The number of aryl methyl sites for hydroxylation is 2. The Morgan fingerprint density at radius 1 is 1.56 bits per heavy atom. The van der Waals surface area contributed by atoms with E-state index in [2.05, 4.69) is 5.10 Å². The smallest absolute Gasteiger partial charge is 0.0960 e. The maximum absolute atomic E-state index is 9.99. The summed E-state index contributed by atoms with van der Waals surface area (Å²) < 4.78 is 6.87. The lowest BCUT2D eigenvalue weighted by molar-refractivity contribution is 0.174. The van der Waals surface area contributed by atoms with Gasteiger partial charge in [-0.25, -0.2) is 0 Å². The van der Waals surface area contributed by atoms with Crippen molar-refractivity contribution in [3.05, 3.63) is 41.6 Å². The molecule has 0 bridgehead atoms. The fraction of sp³-hybridized carbons (Fsp3) is 0.417. The molecule has 0 aliphatic heterocycles. The van der Waals surface area contributed by atoms with Gasteiger partial charge in [-0.1, -0.05) is 0 Å². The highest BCUT2D eigenvalue weighted by Crippen LogP contribution is 2.19. The van der Waals surface area contributed by atoms with Gasteiger partial charge in [0, 0.05) is 24.2 Å². The highest BCUT2D eigenvalue weighted by molar-refractivity contribution is 5.15. The van der Waals surface area contributed by atoms with Crippen LogP contribution in [0.4, 0.5) is 0 Å². The Hall–Kier alpha value is -1.55. The summed E-state index contributed by atoms with van der Waals surface area (Å²) in [4.78, 5) is 0. The second kappa shape index (κ2) is 4.53. The maximum atomic E-state index is 9.99. The minimum Gasteiger partial charge on any atom is -0.472 e. The molecule has 4 heteroatoms. The van der Waals surface area contributed by atoms with Gasteiger partial charge in [0.15, 0.2) is 0 Å². The zero-order valence-electron chi connectivity index (χ0n) is 9.55. The van der Waals surface area contributed by atoms with E-state index in [0.29, 0.717) is 6.42 Å². The molecular weight excluding hydrogens is 204 g/mol. The monoisotopic (exact) mass is 220 g/mol. The molecule has 86 valence electrons. The van der Waals surface area contributed by atoms with Crippen LogP contribution < -0.4 is 0 Å². The molecule has 0 saturated carbocycles. The zero-order valence-corrected chi connectivity index (χ0v) is 9.55. The van der Waals surface area contributed by atoms with Crippen molar-refractivity contribution in [3.63, 3.8) is 0 Å². The number of hydrogen-bond acceptors (Lipinski definition) is 3. The van der Waals surface area contributed by atoms with Gasteiger partial charge in [-0.15, -0.1) is 0 Å². The van der Waals surface area contributed by atoms with Crippen LogP contribution in [0.3, 0.4) is 0 Å². The maximum Gasteiger partial charge on any atom is 0.0960 e. The molecule has 0 saturated heterocycles. The summed E-state index contributed by atoms with van der Waals surface area (Å²) in [6, 6.07) is 3.79. The van der Waals surface area contributed by atoms with E-state index in [1.807, 2.05) is 24.6 Å². The third-order valence-corrected chi connectivity index (χ3v) is 2.62. The van der Waals surface area contributed by atoms with Gasteiger partial charge in [0.05, 0.1) is 24.3 Å². The molecule has 0 amide bonds. The molecular formula is C12H16N2O2. The number of furan rings is 1. The number of aliphatic hydroxyl groups is 1. The van der Waals surface area contributed by atoms with Crippen LogP contribution in [0.5, 0.6) is 0 Å². The second-order valence-corrected chi connectivity index (χ2v) is 3.87. The summed E-state index contributed by atoms with van der Waals surface area (Å²) in [6.07, 6.45) is 3.18. The average molecular weight is 220 g/mol. The first kappa shape index (κ1) is 11.0. The van der Waals surface area contributed by atoms with Crippen LogP contribution in [-0.2, 0) is 13.0 Å². The Labute approximate surface area is 94.5 Å². The van der Waals surface area contributed by atoms with Crippen molar-refractivity contribution in [3.8, 4) is 0 Å². The van der Waals surface area contributed by atoms with E-state index in [9.17, 15) is 5.11 Å². The van der Waals surface area contributed by atoms with E-state index in [1.165, 1.54) is 0 Å². The van der Waals surface area contributed by atoms with Gasteiger partial charge in [0.25, 0.3) is 0 Å². The third kappa shape index (κ3) is 2.17. The first-order valence-electron chi connectivity index (χ1n) is 5.44. The van der Waals surface area contributed by atoms with Gasteiger partial charge in [-0.3, -0.25) is 4.68 Å². The van der Waals surface area contributed by atoms with Crippen molar-refractivity contribution in [2.45, 2.75) is 32.9 Å². The highest BCUT2D eigenvalue weighted by Gasteiger charge is 2.13. The van der Waals surface area contributed by atoms with E-state index in [0.717, 1.165) is 23.5 Å². The molecule has 1 N–H and O–H groups in total. The van der Waals surface area contributed by atoms with Gasteiger partial charge in [0.2, 0.25) is 0 Å². The summed E-state index contributed by atoms with van der Waals surface area (Å²) in [6.45, 7) is 4.82. The zero-order chi connectivity index (χ0) is 11.5. The Bertz CT molecular complexity index is 446. The van der Waals surface area contributed by atoms with Gasteiger partial charge in [-0.05, 0) is 26.0 Å². The molecule has 0 spiro atoms. The van der Waals surface area contributed by atoms with Crippen LogP contribution >= 0.6 is 0 Å². The molecule has 0 aliphatic carbocycles. The number of aromatic nitrogens is 2. The molecule has 0 aliphatic rings. The third-order valence-electron chi connectivity index (χ3n) is 2.62. The van der Waals surface area contributed by atoms with Crippen molar-refractivity contribution in [1.29, 1.82) is 0 Å². The van der Waals surface area contributed by atoms with E-state index in [4.69, 9.17) is 4.42 Å². The molecule has 0 aromatic carbocycles. The van der Waals surface area contributed by atoms with Crippen molar-refractivity contribution in [2.24, 2.45) is 0 Å². The van der Waals surface area contributed by atoms with Crippen molar-refractivity contribution < 1.29 is 9.52 Å². The Morgan fingerprint density at radius 2 is 2.38 bits per heavy atom. The minimum atomic E-state index is -0.528. The summed E-state index contributed by atoms with van der Waals surface area (Å²) in [7, 11) is 0. The van der Waals surface area contributed by atoms with Gasteiger partial charge in [-0.2, -0.15) is 5.10 Å². The molecule has 2 heterocycles. The minimum absolute atomic E-state index is 0.528. The second-order valence-electron chi connectivity index (χ2n) is 3.87. The number of hydrogen-bond donors (Lipinski definition) is 1. The van der Waals surface area contributed by atoms with Crippen molar-refractivity contribution >= 4 is 0 Å². The Balaban J connectivity index is 2.14. The molecule has 0 fully saturated rings. The highest BCUT2D eigenvalue weighted by atomic mass is 16.3. The number of aliphatic hydroxyl groups excluding tert-OH is 1. The predicted molar refractivity (Wildman–Crippen MR) is 60.0 cm³/mol. The van der Waals surface area contributed by atoms with Crippen molar-refractivity contribution in [2.75, 3.05) is 0 Å². The Morgan fingerprint density at radius 3 is 3.00 bits per heavy atom. The van der Waals surface area contributed by atoms with E-state index >= 15 is 0 Å². The number of rotatable bonds is 4. The van der Waals surface area contributed by atoms with Crippen LogP contribution in [0.2, 0.25) is 0 Å². The SMILES string of the molecule is CCn1nc(C)cc1CC(O)c1ccoc1. The summed E-state index contributed by atoms with van der Waals surface area (Å²) >= 11 is 0. The molecule has 1 atom stereocenters. The molecule has 2 aromatic rings. The van der Waals surface area contributed by atoms with Crippen molar-refractivity contribution in [1.82, 2.24) is 9.78 Å². The molecule has 1 unspecified atom stereocenters. The van der Waals surface area contributed by atoms with Crippen LogP contribution in [0.1, 0.15) is 30.0 Å². The van der Waals surface area contributed by atoms with E-state index in [1.54, 1.807) is 18.6 Å². The van der Waals surface area contributed by atoms with Crippen LogP contribution in [0.25, 0.3) is 0 Å². The predicted octanol–water partition coefficient (Wildman–Crippen LogP) is 2.08. The topological polar surface area (TPSA) is 51.2 Å². The van der Waals surface area contributed by atoms with Crippen LogP contribution in [-0.4, -0.2) is 14.9 Å². The fourth-order valence-corrected chi connectivity index (χ4v) is 1.82. The lowest BCUT2D eigenvalue weighted by Gasteiger charge is -2.09. The quantitative estimate of drug-likeness (QED) is 0.858. The first-order valence-corrected chi connectivity index (χ1v) is 5.44.